The van der Waals surface area contributed by atoms with E-state index in [1.165, 1.54) is 0 Å². The first-order valence-electron chi connectivity index (χ1n) is 5.21. The molecule has 1 aromatic rings. The highest BCUT2D eigenvalue weighted by Gasteiger charge is 2.27. The van der Waals surface area contributed by atoms with E-state index in [2.05, 4.69) is 9.98 Å². The summed E-state index contributed by atoms with van der Waals surface area (Å²) in [5, 5.41) is 0. The van der Waals surface area contributed by atoms with Crippen molar-refractivity contribution in [1.82, 2.24) is 9.55 Å². The summed E-state index contributed by atoms with van der Waals surface area (Å²) in [6, 6.07) is -0.0701. The topological polar surface area (TPSA) is 47.2 Å². The molecule has 16 heavy (non-hydrogen) atoms. The largest absolute Gasteiger partial charge is 0.269 e. The summed E-state index contributed by atoms with van der Waals surface area (Å²) in [7, 11) is 0. The molecule has 0 saturated carbocycles. The Balaban J connectivity index is 2.32. The van der Waals surface area contributed by atoms with Crippen molar-refractivity contribution in [2.45, 2.75) is 19.9 Å². The third kappa shape index (κ3) is 1.07. The predicted octanol–water partition coefficient (Wildman–Crippen LogP) is 1.61. The Morgan fingerprint density at radius 2 is 2.12 bits per heavy atom. The van der Waals surface area contributed by atoms with Gasteiger partial charge >= 0.3 is 0 Å². The molecule has 0 aromatic carbocycles. The van der Waals surface area contributed by atoms with Crippen LogP contribution in [-0.4, -0.2) is 15.3 Å². The Kier molecular flexibility index (Phi) is 1.74. The van der Waals surface area contributed by atoms with Crippen LogP contribution >= 0.6 is 0 Å². The molecule has 1 atom stereocenters. The minimum Gasteiger partial charge on any atom is -0.269 e. The molecule has 2 aliphatic rings. The third-order valence-corrected chi connectivity index (χ3v) is 3.05. The summed E-state index contributed by atoms with van der Waals surface area (Å²) in [4.78, 5) is 20.8. The predicted molar refractivity (Wildman–Crippen MR) is 62.4 cm³/mol. The van der Waals surface area contributed by atoms with Gasteiger partial charge in [-0.2, -0.15) is 0 Å². The van der Waals surface area contributed by atoms with Crippen LogP contribution < -0.4 is 5.56 Å². The third-order valence-electron chi connectivity index (χ3n) is 3.05. The first kappa shape index (κ1) is 9.27. The minimum atomic E-state index is -0.0701. The Labute approximate surface area is 92.7 Å². The first-order valence-corrected chi connectivity index (χ1v) is 5.21. The Bertz CT molecular complexity index is 620. The van der Waals surface area contributed by atoms with Crippen LogP contribution in [0.2, 0.25) is 0 Å². The number of rotatable bonds is 0. The molecule has 0 saturated heterocycles. The van der Waals surface area contributed by atoms with Crippen LogP contribution in [0.3, 0.4) is 0 Å². The quantitative estimate of drug-likeness (QED) is 0.657. The Morgan fingerprint density at radius 1 is 1.31 bits per heavy atom. The summed E-state index contributed by atoms with van der Waals surface area (Å²) >= 11 is 0. The van der Waals surface area contributed by atoms with Gasteiger partial charge in [-0.25, -0.2) is 9.98 Å². The number of fused-ring (bicyclic) bond motifs is 3. The molecule has 0 N–H and O–H groups in total. The SMILES string of the molecule is Cc1nc2n(c(=O)c1C)C1C=CC=CC1=N2. The van der Waals surface area contributed by atoms with Crippen molar-refractivity contribution in [2.24, 2.45) is 4.99 Å². The number of aryl methyl sites for hydroxylation is 1. The normalized spacial score (nSPS) is 20.6. The van der Waals surface area contributed by atoms with Gasteiger partial charge in [0.1, 0.15) is 6.04 Å². The van der Waals surface area contributed by atoms with Crippen LogP contribution in [0.25, 0.3) is 0 Å². The summed E-state index contributed by atoms with van der Waals surface area (Å²) in [6.07, 6.45) is 7.74. The molecule has 0 amide bonds. The zero-order valence-electron chi connectivity index (χ0n) is 9.14. The summed E-state index contributed by atoms with van der Waals surface area (Å²) in [5.74, 6) is 0.518. The van der Waals surface area contributed by atoms with Gasteiger partial charge in [0.05, 0.1) is 5.71 Å². The average Bonchev–Trinajstić information content (AvgIpc) is 2.64. The van der Waals surface area contributed by atoms with E-state index in [4.69, 9.17) is 0 Å². The fraction of sp³-hybridized carbons (Fsp3) is 0.250. The van der Waals surface area contributed by atoms with E-state index >= 15 is 0 Å². The van der Waals surface area contributed by atoms with Gasteiger partial charge < -0.3 is 0 Å². The maximum atomic E-state index is 12.1. The maximum Gasteiger partial charge on any atom is 0.258 e. The molecule has 0 fully saturated rings. The fourth-order valence-electron chi connectivity index (χ4n) is 2.00. The van der Waals surface area contributed by atoms with Crippen LogP contribution in [0.15, 0.2) is 34.1 Å². The van der Waals surface area contributed by atoms with Crippen molar-refractivity contribution in [3.63, 3.8) is 0 Å². The lowest BCUT2D eigenvalue weighted by Gasteiger charge is -2.13. The highest BCUT2D eigenvalue weighted by Crippen LogP contribution is 2.28. The Morgan fingerprint density at radius 3 is 2.94 bits per heavy atom. The molecule has 2 heterocycles. The van der Waals surface area contributed by atoms with Gasteiger partial charge in [-0.1, -0.05) is 18.2 Å². The number of hydrogen-bond donors (Lipinski definition) is 0. The van der Waals surface area contributed by atoms with Crippen molar-refractivity contribution in [1.29, 1.82) is 0 Å². The number of nitrogens with zero attached hydrogens (tertiary/aromatic N) is 3. The lowest BCUT2D eigenvalue weighted by atomic mass is 10.1. The van der Waals surface area contributed by atoms with Crippen LogP contribution in [0.4, 0.5) is 5.95 Å². The van der Waals surface area contributed by atoms with E-state index < -0.39 is 0 Å². The van der Waals surface area contributed by atoms with Crippen molar-refractivity contribution in [3.05, 3.63) is 45.9 Å². The number of aliphatic imine (C=N–C) groups is 1. The summed E-state index contributed by atoms with van der Waals surface area (Å²) < 4.78 is 1.65. The van der Waals surface area contributed by atoms with E-state index in [0.29, 0.717) is 11.5 Å². The van der Waals surface area contributed by atoms with Crippen LogP contribution in [0.5, 0.6) is 0 Å². The summed E-state index contributed by atoms with van der Waals surface area (Å²) in [5.41, 5.74) is 2.35. The molecular formula is C12H11N3O. The van der Waals surface area contributed by atoms with Crippen molar-refractivity contribution in [2.75, 3.05) is 0 Å². The zero-order chi connectivity index (χ0) is 11.3. The van der Waals surface area contributed by atoms with Gasteiger partial charge in [0.25, 0.3) is 5.56 Å². The summed E-state index contributed by atoms with van der Waals surface area (Å²) in [6.45, 7) is 3.64. The smallest absolute Gasteiger partial charge is 0.258 e. The molecule has 0 spiro atoms. The van der Waals surface area contributed by atoms with Gasteiger partial charge in [-0.05, 0) is 19.9 Å². The first-order chi connectivity index (χ1) is 7.68. The highest BCUT2D eigenvalue weighted by molar-refractivity contribution is 6.03. The van der Waals surface area contributed by atoms with Gasteiger partial charge in [-0.3, -0.25) is 9.36 Å². The lowest BCUT2D eigenvalue weighted by Crippen LogP contribution is -2.27. The molecule has 0 radical (unpaired) electrons. The monoisotopic (exact) mass is 213 g/mol. The number of allylic oxidation sites excluding steroid dienone is 4. The molecule has 4 heteroatoms. The average molecular weight is 213 g/mol. The van der Waals surface area contributed by atoms with E-state index in [-0.39, 0.29) is 11.6 Å². The molecule has 1 aromatic heterocycles. The van der Waals surface area contributed by atoms with Gasteiger partial charge in [-0.15, -0.1) is 0 Å². The standard InChI is InChI=1S/C12H11N3O/c1-7-8(2)13-12-14-9-5-3-4-6-10(9)15(12)11(7)16/h3-6,10H,1-2H3. The zero-order valence-corrected chi connectivity index (χ0v) is 9.14. The molecule has 1 unspecified atom stereocenters. The van der Waals surface area contributed by atoms with E-state index in [1.807, 2.05) is 31.2 Å². The molecular weight excluding hydrogens is 202 g/mol. The van der Waals surface area contributed by atoms with Crippen molar-refractivity contribution in [3.8, 4) is 0 Å². The molecule has 80 valence electrons. The second kappa shape index (κ2) is 3.01. The van der Waals surface area contributed by atoms with Crippen LogP contribution in [0.1, 0.15) is 17.3 Å². The lowest BCUT2D eigenvalue weighted by molar-refractivity contribution is 0.724. The minimum absolute atomic E-state index is 0.00574. The molecule has 4 nitrogen and oxygen atoms in total. The molecule has 0 bridgehead atoms. The second-order valence-corrected chi connectivity index (χ2v) is 4.02. The maximum absolute atomic E-state index is 12.1. The van der Waals surface area contributed by atoms with Gasteiger partial charge in [0, 0.05) is 11.3 Å². The van der Waals surface area contributed by atoms with Crippen molar-refractivity contribution < 1.29 is 0 Å². The van der Waals surface area contributed by atoms with Crippen LogP contribution in [-0.2, 0) is 0 Å². The van der Waals surface area contributed by atoms with Crippen molar-refractivity contribution >= 4 is 11.7 Å². The number of hydrogen-bond acceptors (Lipinski definition) is 3. The molecule has 1 aliphatic carbocycles. The highest BCUT2D eigenvalue weighted by atomic mass is 16.1. The van der Waals surface area contributed by atoms with E-state index in [1.54, 1.807) is 11.5 Å². The van der Waals surface area contributed by atoms with Gasteiger partial charge in [0.15, 0.2) is 0 Å². The van der Waals surface area contributed by atoms with Crippen LogP contribution in [0, 0.1) is 13.8 Å². The fourth-order valence-corrected chi connectivity index (χ4v) is 2.00. The molecule has 3 rings (SSSR count). The van der Waals surface area contributed by atoms with E-state index in [9.17, 15) is 4.79 Å². The number of aromatic nitrogens is 2. The molecule has 1 aliphatic heterocycles. The Hall–Kier alpha value is -1.97. The van der Waals surface area contributed by atoms with E-state index in [0.717, 1.165) is 11.4 Å². The second-order valence-electron chi connectivity index (χ2n) is 4.02. The van der Waals surface area contributed by atoms with Gasteiger partial charge in [0.2, 0.25) is 5.95 Å².